The van der Waals surface area contributed by atoms with Gasteiger partial charge in [0.25, 0.3) is 0 Å². The van der Waals surface area contributed by atoms with E-state index in [0.717, 1.165) is 11.8 Å². The summed E-state index contributed by atoms with van der Waals surface area (Å²) in [6, 6.07) is 5.23. The van der Waals surface area contributed by atoms with E-state index >= 15 is 0 Å². The number of hydrogen-bond acceptors (Lipinski definition) is 3. The Bertz CT molecular complexity index is 469. The minimum Gasteiger partial charge on any atom is -0.406 e. The van der Waals surface area contributed by atoms with Crippen LogP contribution in [-0.4, -0.2) is 17.2 Å². The first-order valence-corrected chi connectivity index (χ1v) is 5.83. The molecule has 0 N–H and O–H groups in total. The van der Waals surface area contributed by atoms with Gasteiger partial charge < -0.3 is 4.74 Å². The quantitative estimate of drug-likeness (QED) is 0.775. The third-order valence-electron chi connectivity index (χ3n) is 1.67. The van der Waals surface area contributed by atoms with Gasteiger partial charge in [-0.15, -0.1) is 13.2 Å². The molecule has 0 amide bonds. The number of carbonyl (C=O) groups excluding carboxylic acids is 1. The Hall–Kier alpha value is -1.61. The first kappa shape index (κ1) is 14.5. The molecule has 0 aromatic heterocycles. The van der Waals surface area contributed by atoms with Gasteiger partial charge in [-0.3, -0.25) is 4.79 Å². The number of carbonyl (C=O) groups is 1. The Morgan fingerprint density at radius 2 is 1.94 bits per heavy atom. The normalized spacial score (nSPS) is 10.4. The van der Waals surface area contributed by atoms with E-state index in [2.05, 4.69) is 16.6 Å². The SMILES string of the molecule is CC(=O)SCC#Cc1ccc(OC(F)(F)F)cc1. The highest BCUT2D eigenvalue weighted by Crippen LogP contribution is 2.22. The second-order valence-electron chi connectivity index (χ2n) is 3.15. The summed E-state index contributed by atoms with van der Waals surface area (Å²) in [5, 5.41) is -0.0294. The molecule has 96 valence electrons. The molecule has 0 spiro atoms. The van der Waals surface area contributed by atoms with Gasteiger partial charge in [0.05, 0.1) is 5.75 Å². The van der Waals surface area contributed by atoms with Crippen LogP contribution >= 0.6 is 11.8 Å². The van der Waals surface area contributed by atoms with E-state index in [4.69, 9.17) is 0 Å². The molecule has 0 bridgehead atoms. The molecule has 1 rings (SSSR count). The predicted molar refractivity (Wildman–Crippen MR) is 63.1 cm³/mol. The van der Waals surface area contributed by atoms with Gasteiger partial charge in [0.15, 0.2) is 5.12 Å². The van der Waals surface area contributed by atoms with Crippen LogP contribution in [0.3, 0.4) is 0 Å². The fourth-order valence-electron chi connectivity index (χ4n) is 1.02. The largest absolute Gasteiger partial charge is 0.573 e. The van der Waals surface area contributed by atoms with Crippen molar-refractivity contribution in [3.63, 3.8) is 0 Å². The Balaban J connectivity index is 2.57. The average molecular weight is 274 g/mol. The van der Waals surface area contributed by atoms with E-state index < -0.39 is 6.36 Å². The first-order chi connectivity index (χ1) is 8.37. The zero-order valence-electron chi connectivity index (χ0n) is 9.38. The fourth-order valence-corrected chi connectivity index (χ4v) is 1.36. The van der Waals surface area contributed by atoms with Gasteiger partial charge >= 0.3 is 6.36 Å². The zero-order chi connectivity index (χ0) is 13.6. The van der Waals surface area contributed by atoms with Crippen molar-refractivity contribution in [2.24, 2.45) is 0 Å². The van der Waals surface area contributed by atoms with Crippen molar-refractivity contribution in [1.29, 1.82) is 0 Å². The summed E-state index contributed by atoms with van der Waals surface area (Å²) in [6.07, 6.45) is -4.69. The molecule has 0 aliphatic heterocycles. The van der Waals surface area contributed by atoms with E-state index in [1.54, 1.807) is 0 Å². The molecule has 0 aliphatic carbocycles. The van der Waals surface area contributed by atoms with E-state index in [9.17, 15) is 18.0 Å². The first-order valence-electron chi connectivity index (χ1n) is 4.85. The van der Waals surface area contributed by atoms with Crippen LogP contribution in [0, 0.1) is 11.8 Å². The molecule has 1 aromatic rings. The van der Waals surface area contributed by atoms with Gasteiger partial charge in [0.1, 0.15) is 5.75 Å². The zero-order valence-corrected chi connectivity index (χ0v) is 10.2. The van der Waals surface area contributed by atoms with Crippen LogP contribution in [0.1, 0.15) is 12.5 Å². The molecular weight excluding hydrogens is 265 g/mol. The molecular formula is C12H9F3O2S. The summed E-state index contributed by atoms with van der Waals surface area (Å²) in [5.41, 5.74) is 0.564. The number of hydrogen-bond donors (Lipinski definition) is 0. The summed E-state index contributed by atoms with van der Waals surface area (Å²) in [4.78, 5) is 10.6. The average Bonchev–Trinajstić information content (AvgIpc) is 2.24. The molecule has 0 atom stereocenters. The monoisotopic (exact) mass is 274 g/mol. The summed E-state index contributed by atoms with van der Waals surface area (Å²) >= 11 is 1.08. The number of ether oxygens (including phenoxy) is 1. The van der Waals surface area contributed by atoms with Crippen LogP contribution in [0.25, 0.3) is 0 Å². The number of halogens is 3. The summed E-state index contributed by atoms with van der Waals surface area (Å²) in [7, 11) is 0. The maximum absolute atomic E-state index is 11.9. The van der Waals surface area contributed by atoms with E-state index in [1.807, 2.05) is 0 Å². The van der Waals surface area contributed by atoms with Gasteiger partial charge in [-0.25, -0.2) is 0 Å². The highest BCUT2D eigenvalue weighted by Gasteiger charge is 2.30. The fraction of sp³-hybridized carbons (Fsp3) is 0.250. The molecule has 2 nitrogen and oxygen atoms in total. The Labute approximate surface area is 107 Å². The van der Waals surface area contributed by atoms with Gasteiger partial charge in [0.2, 0.25) is 0 Å². The predicted octanol–water partition coefficient (Wildman–Crippen LogP) is 3.22. The minimum atomic E-state index is -4.69. The van der Waals surface area contributed by atoms with Crippen LogP contribution in [0.2, 0.25) is 0 Å². The molecule has 0 heterocycles. The molecule has 6 heteroatoms. The van der Waals surface area contributed by atoms with Crippen molar-refractivity contribution in [3.05, 3.63) is 29.8 Å². The van der Waals surface area contributed by atoms with Crippen LogP contribution in [0.4, 0.5) is 13.2 Å². The van der Waals surface area contributed by atoms with Crippen molar-refractivity contribution >= 4 is 16.9 Å². The molecule has 0 saturated heterocycles. The lowest BCUT2D eigenvalue weighted by Gasteiger charge is -2.07. The molecule has 0 aliphatic rings. The van der Waals surface area contributed by atoms with E-state index in [0.29, 0.717) is 11.3 Å². The maximum Gasteiger partial charge on any atom is 0.573 e. The summed E-state index contributed by atoms with van der Waals surface area (Å²) < 4.78 is 39.4. The molecule has 0 radical (unpaired) electrons. The molecule has 18 heavy (non-hydrogen) atoms. The number of benzene rings is 1. The van der Waals surface area contributed by atoms with Gasteiger partial charge in [-0.05, 0) is 24.3 Å². The minimum absolute atomic E-state index is 0.0294. The van der Waals surface area contributed by atoms with Crippen LogP contribution < -0.4 is 4.74 Å². The highest BCUT2D eigenvalue weighted by atomic mass is 32.2. The van der Waals surface area contributed by atoms with Gasteiger partial charge in [0, 0.05) is 12.5 Å². The second-order valence-corrected chi connectivity index (χ2v) is 4.31. The number of alkyl halides is 3. The van der Waals surface area contributed by atoms with Crippen molar-refractivity contribution in [2.75, 3.05) is 5.75 Å². The second kappa shape index (κ2) is 6.36. The smallest absolute Gasteiger partial charge is 0.406 e. The molecule has 0 unspecified atom stereocenters. The van der Waals surface area contributed by atoms with Gasteiger partial charge in [-0.1, -0.05) is 23.6 Å². The van der Waals surface area contributed by atoms with Crippen molar-refractivity contribution in [1.82, 2.24) is 0 Å². The lowest BCUT2D eigenvalue weighted by atomic mass is 10.2. The molecule has 0 fully saturated rings. The van der Waals surface area contributed by atoms with Crippen molar-refractivity contribution in [2.45, 2.75) is 13.3 Å². The number of rotatable bonds is 2. The third kappa shape index (κ3) is 6.21. The summed E-state index contributed by atoms with van der Waals surface area (Å²) in [6.45, 7) is 1.44. The van der Waals surface area contributed by atoms with Crippen molar-refractivity contribution in [3.8, 4) is 17.6 Å². The van der Waals surface area contributed by atoms with Crippen molar-refractivity contribution < 1.29 is 22.7 Å². The lowest BCUT2D eigenvalue weighted by Crippen LogP contribution is -2.16. The van der Waals surface area contributed by atoms with Crippen LogP contribution in [0.5, 0.6) is 5.75 Å². The van der Waals surface area contributed by atoms with Crippen LogP contribution in [0.15, 0.2) is 24.3 Å². The number of thioether (sulfide) groups is 1. The maximum atomic E-state index is 11.9. The standard InChI is InChI=1S/C12H9F3O2S/c1-9(16)18-8-2-3-10-4-6-11(7-5-10)17-12(13,14)15/h4-7H,8H2,1H3. The summed E-state index contributed by atoms with van der Waals surface area (Å²) in [5.74, 6) is 5.53. The molecule has 1 aromatic carbocycles. The van der Waals surface area contributed by atoms with Gasteiger partial charge in [-0.2, -0.15) is 0 Å². The molecule has 0 saturated carbocycles. The topological polar surface area (TPSA) is 26.3 Å². The highest BCUT2D eigenvalue weighted by molar-refractivity contribution is 8.13. The Morgan fingerprint density at radius 1 is 1.33 bits per heavy atom. The third-order valence-corrected chi connectivity index (χ3v) is 2.36. The lowest BCUT2D eigenvalue weighted by molar-refractivity contribution is -0.274. The van der Waals surface area contributed by atoms with E-state index in [1.165, 1.54) is 31.2 Å². The van der Waals surface area contributed by atoms with Crippen LogP contribution in [-0.2, 0) is 4.79 Å². The van der Waals surface area contributed by atoms with E-state index in [-0.39, 0.29) is 10.9 Å². The Morgan fingerprint density at radius 3 is 2.44 bits per heavy atom. The Kier molecular flexibility index (Phi) is 5.10.